The Morgan fingerprint density at radius 2 is 1.58 bits per heavy atom. The van der Waals surface area contributed by atoms with Gasteiger partial charge < -0.3 is 10.2 Å². The third-order valence-electron chi connectivity index (χ3n) is 4.18. The summed E-state index contributed by atoms with van der Waals surface area (Å²) in [6.07, 6.45) is 2.24. The smallest absolute Gasteiger partial charge is 0.360 e. The summed E-state index contributed by atoms with van der Waals surface area (Å²) in [4.78, 5) is 1.90. The number of likely N-dealkylation sites (tertiary alicyclic amines) is 1. The van der Waals surface area contributed by atoms with Gasteiger partial charge in [0, 0.05) is 19.1 Å². The van der Waals surface area contributed by atoms with E-state index in [1.54, 1.807) is 0 Å². The molecule has 2 rings (SSSR count). The van der Waals surface area contributed by atoms with E-state index < -0.39 is 12.1 Å². The fourth-order valence-corrected chi connectivity index (χ4v) is 3.27. The maximum Gasteiger partial charge on any atom is 0.391 e. The fraction of sp³-hybridized carbons (Fsp3) is 0.923. The van der Waals surface area contributed by atoms with Crippen LogP contribution in [0.3, 0.4) is 0 Å². The molecule has 0 aromatic carbocycles. The first-order valence-corrected chi connectivity index (χ1v) is 7.50. The van der Waals surface area contributed by atoms with Crippen molar-refractivity contribution in [3.63, 3.8) is 0 Å². The summed E-state index contributed by atoms with van der Waals surface area (Å²) in [5.74, 6) is -1.15. The van der Waals surface area contributed by atoms with Gasteiger partial charge in [0.2, 0.25) is 0 Å². The van der Waals surface area contributed by atoms with Gasteiger partial charge >= 0.3 is 6.18 Å². The summed E-state index contributed by atoms with van der Waals surface area (Å²) in [5.41, 5.74) is 0. The number of rotatable bonds is 1. The van der Waals surface area contributed by atoms with Crippen LogP contribution in [-0.2, 0) is 0 Å². The fourth-order valence-electron chi connectivity index (χ4n) is 2.92. The van der Waals surface area contributed by atoms with Gasteiger partial charge in [0.25, 0.3) is 0 Å². The van der Waals surface area contributed by atoms with Crippen molar-refractivity contribution in [2.24, 2.45) is 5.92 Å². The Morgan fingerprint density at radius 3 is 2.11 bits per heavy atom. The van der Waals surface area contributed by atoms with E-state index in [0.717, 1.165) is 12.8 Å². The minimum Gasteiger partial charge on any atom is -0.360 e. The summed E-state index contributed by atoms with van der Waals surface area (Å²) in [5, 5.41) is 3.96. The molecule has 1 heterocycles. The van der Waals surface area contributed by atoms with Gasteiger partial charge in [-0.2, -0.15) is 13.2 Å². The van der Waals surface area contributed by atoms with Crippen LogP contribution >= 0.6 is 12.2 Å². The number of nitrogens with zero attached hydrogens (tertiary/aromatic N) is 1. The summed E-state index contributed by atoms with van der Waals surface area (Å²) in [7, 11) is 0. The first kappa shape index (κ1) is 14.9. The molecule has 0 aromatic heterocycles. The van der Waals surface area contributed by atoms with E-state index in [9.17, 15) is 13.2 Å². The van der Waals surface area contributed by atoms with Crippen LogP contribution in [0.15, 0.2) is 0 Å². The number of alkyl halides is 3. The summed E-state index contributed by atoms with van der Waals surface area (Å²) >= 11 is 5.32. The quantitative estimate of drug-likeness (QED) is 0.746. The minimum absolute atomic E-state index is 0.163. The Kier molecular flexibility index (Phi) is 4.92. The number of piperidine rings is 1. The zero-order chi connectivity index (χ0) is 13.9. The van der Waals surface area contributed by atoms with Crippen molar-refractivity contribution in [2.75, 3.05) is 13.1 Å². The largest absolute Gasteiger partial charge is 0.391 e. The topological polar surface area (TPSA) is 15.3 Å². The maximum absolute atomic E-state index is 12.6. The van der Waals surface area contributed by atoms with Crippen LogP contribution < -0.4 is 5.32 Å². The predicted molar refractivity (Wildman–Crippen MR) is 73.0 cm³/mol. The van der Waals surface area contributed by atoms with Gasteiger partial charge in [-0.25, -0.2) is 0 Å². The van der Waals surface area contributed by atoms with Gasteiger partial charge in [0.15, 0.2) is 5.11 Å². The van der Waals surface area contributed by atoms with Crippen molar-refractivity contribution in [3.05, 3.63) is 0 Å². The lowest BCUT2D eigenvalue weighted by atomic mass is 9.95. The Labute approximate surface area is 117 Å². The summed E-state index contributed by atoms with van der Waals surface area (Å²) < 4.78 is 37.7. The SMILES string of the molecule is FC(F)(F)C1CCN(C(=S)NC2CCCCC2)CC1. The molecular formula is C13H21F3N2S. The lowest BCUT2D eigenvalue weighted by Gasteiger charge is -2.36. The molecule has 0 spiro atoms. The first-order chi connectivity index (χ1) is 8.97. The number of nitrogens with one attached hydrogen (secondary N) is 1. The number of halogens is 3. The second kappa shape index (κ2) is 6.29. The molecule has 0 atom stereocenters. The molecule has 1 aliphatic carbocycles. The van der Waals surface area contributed by atoms with Crippen molar-refractivity contribution in [1.29, 1.82) is 0 Å². The average molecular weight is 294 g/mol. The lowest BCUT2D eigenvalue weighted by molar-refractivity contribution is -0.183. The van der Waals surface area contributed by atoms with Crippen LogP contribution in [0.2, 0.25) is 0 Å². The molecule has 0 unspecified atom stereocenters. The summed E-state index contributed by atoms with van der Waals surface area (Å²) in [6, 6.07) is 0.418. The van der Waals surface area contributed by atoms with Crippen LogP contribution in [0.25, 0.3) is 0 Å². The molecule has 110 valence electrons. The highest BCUT2D eigenvalue weighted by molar-refractivity contribution is 7.80. The van der Waals surface area contributed by atoms with Crippen LogP contribution in [-0.4, -0.2) is 35.3 Å². The molecule has 6 heteroatoms. The van der Waals surface area contributed by atoms with Gasteiger partial charge in [-0.1, -0.05) is 19.3 Å². The molecular weight excluding hydrogens is 273 g/mol. The normalized spacial score (nSPS) is 23.4. The number of hydrogen-bond donors (Lipinski definition) is 1. The Bertz CT molecular complexity index is 306. The molecule has 1 aliphatic heterocycles. The highest BCUT2D eigenvalue weighted by atomic mass is 32.1. The molecule has 0 radical (unpaired) electrons. The molecule has 2 fully saturated rings. The van der Waals surface area contributed by atoms with Crippen molar-refractivity contribution < 1.29 is 13.2 Å². The van der Waals surface area contributed by atoms with Gasteiger partial charge in [0.1, 0.15) is 0 Å². The van der Waals surface area contributed by atoms with E-state index in [2.05, 4.69) is 5.32 Å². The monoisotopic (exact) mass is 294 g/mol. The van der Waals surface area contributed by atoms with Gasteiger partial charge in [0.05, 0.1) is 5.92 Å². The molecule has 0 amide bonds. The first-order valence-electron chi connectivity index (χ1n) is 7.09. The molecule has 1 N–H and O–H groups in total. The number of thiocarbonyl (C=S) groups is 1. The van der Waals surface area contributed by atoms with E-state index in [1.165, 1.54) is 19.3 Å². The second-order valence-electron chi connectivity index (χ2n) is 5.59. The predicted octanol–water partition coefficient (Wildman–Crippen LogP) is 3.47. The van der Waals surface area contributed by atoms with Crippen molar-refractivity contribution >= 4 is 17.3 Å². The van der Waals surface area contributed by atoms with Crippen LogP contribution in [0, 0.1) is 5.92 Å². The molecule has 2 aliphatic rings. The Hall–Kier alpha value is -0.520. The molecule has 1 saturated carbocycles. The molecule has 1 saturated heterocycles. The minimum atomic E-state index is -4.05. The Morgan fingerprint density at radius 1 is 1.00 bits per heavy atom. The molecule has 0 aromatic rings. The number of hydrogen-bond acceptors (Lipinski definition) is 1. The van der Waals surface area contributed by atoms with Crippen molar-refractivity contribution in [1.82, 2.24) is 10.2 Å². The molecule has 19 heavy (non-hydrogen) atoms. The highest BCUT2D eigenvalue weighted by Gasteiger charge is 2.41. The van der Waals surface area contributed by atoms with Crippen molar-refractivity contribution in [3.8, 4) is 0 Å². The van der Waals surface area contributed by atoms with E-state index in [1.807, 2.05) is 4.90 Å². The standard InChI is InChI=1S/C13H21F3N2S/c14-13(15,16)10-6-8-18(9-7-10)12(19)17-11-4-2-1-3-5-11/h10-11H,1-9H2,(H,17,19). The Balaban J connectivity index is 1.76. The highest BCUT2D eigenvalue weighted by Crippen LogP contribution is 2.34. The third kappa shape index (κ3) is 4.23. The van der Waals surface area contributed by atoms with Gasteiger partial charge in [-0.3, -0.25) is 0 Å². The van der Waals surface area contributed by atoms with E-state index in [0.29, 0.717) is 24.2 Å². The van der Waals surface area contributed by atoms with E-state index >= 15 is 0 Å². The van der Waals surface area contributed by atoms with Crippen LogP contribution in [0.5, 0.6) is 0 Å². The van der Waals surface area contributed by atoms with E-state index in [-0.39, 0.29) is 12.8 Å². The van der Waals surface area contributed by atoms with Gasteiger partial charge in [-0.15, -0.1) is 0 Å². The average Bonchev–Trinajstić information content (AvgIpc) is 2.39. The zero-order valence-electron chi connectivity index (χ0n) is 11.0. The zero-order valence-corrected chi connectivity index (χ0v) is 11.8. The van der Waals surface area contributed by atoms with Crippen LogP contribution in [0.4, 0.5) is 13.2 Å². The molecule has 2 nitrogen and oxygen atoms in total. The third-order valence-corrected chi connectivity index (χ3v) is 4.55. The second-order valence-corrected chi connectivity index (χ2v) is 5.97. The lowest BCUT2D eigenvalue weighted by Crippen LogP contribution is -2.49. The van der Waals surface area contributed by atoms with Crippen molar-refractivity contribution in [2.45, 2.75) is 57.2 Å². The van der Waals surface area contributed by atoms with Gasteiger partial charge in [-0.05, 0) is 37.9 Å². The maximum atomic E-state index is 12.6. The van der Waals surface area contributed by atoms with E-state index in [4.69, 9.17) is 12.2 Å². The summed E-state index contributed by atoms with van der Waals surface area (Å²) in [6.45, 7) is 0.839. The van der Waals surface area contributed by atoms with Crippen LogP contribution in [0.1, 0.15) is 44.9 Å². The molecule has 0 bridgehead atoms.